The van der Waals surface area contributed by atoms with Gasteiger partial charge in [0.2, 0.25) is 11.7 Å². The van der Waals surface area contributed by atoms with Crippen LogP contribution in [-0.4, -0.2) is 24.2 Å². The Morgan fingerprint density at radius 2 is 1.57 bits per heavy atom. The number of aryl methyl sites for hydroxylation is 1. The molecule has 0 spiro atoms. The second kappa shape index (κ2) is 8.47. The van der Waals surface area contributed by atoms with Crippen LogP contribution in [0, 0.1) is 6.92 Å². The summed E-state index contributed by atoms with van der Waals surface area (Å²) < 4.78 is 17.1. The first kappa shape index (κ1) is 19.3. The molecule has 0 fully saturated rings. The van der Waals surface area contributed by atoms with Crippen molar-refractivity contribution in [3.8, 4) is 17.2 Å². The molecule has 0 aliphatic carbocycles. The summed E-state index contributed by atoms with van der Waals surface area (Å²) in [6.45, 7) is 2.46. The molecule has 146 valence electrons. The fourth-order valence-electron chi connectivity index (χ4n) is 2.81. The molecule has 0 atom stereocenters. The summed E-state index contributed by atoms with van der Waals surface area (Å²) in [7, 11) is 3.19. The minimum atomic E-state index is 0.149. The first-order valence-corrected chi connectivity index (χ1v) is 8.80. The van der Waals surface area contributed by atoms with Crippen LogP contribution in [0.25, 0.3) is 0 Å². The minimum absolute atomic E-state index is 0.149. The highest BCUT2D eigenvalue weighted by molar-refractivity contribution is 5.55. The number of rotatable bonds is 7. The summed E-state index contributed by atoms with van der Waals surface area (Å²) in [4.78, 5) is 8.01. The Morgan fingerprint density at radius 3 is 2.14 bits per heavy atom. The van der Waals surface area contributed by atoms with Crippen LogP contribution >= 0.6 is 0 Å². The van der Waals surface area contributed by atoms with Crippen LogP contribution in [0.1, 0.15) is 22.3 Å². The lowest BCUT2D eigenvalue weighted by molar-refractivity contribution is 0.265. The molecular formula is C21H24N4O3. The van der Waals surface area contributed by atoms with E-state index in [1.165, 1.54) is 5.56 Å². The van der Waals surface area contributed by atoms with Gasteiger partial charge in [-0.15, -0.1) is 0 Å². The Balaban J connectivity index is 1.85. The van der Waals surface area contributed by atoms with E-state index in [-0.39, 0.29) is 5.95 Å². The predicted octanol–water partition coefficient (Wildman–Crippen LogP) is 3.14. The van der Waals surface area contributed by atoms with Crippen molar-refractivity contribution in [1.82, 2.24) is 9.97 Å². The van der Waals surface area contributed by atoms with Gasteiger partial charge in [0.15, 0.2) is 11.5 Å². The van der Waals surface area contributed by atoms with Crippen molar-refractivity contribution in [2.24, 2.45) is 0 Å². The Hall–Kier alpha value is -3.48. The molecule has 0 amide bonds. The summed E-state index contributed by atoms with van der Waals surface area (Å²) in [5, 5.41) is 0. The molecule has 1 heterocycles. The van der Waals surface area contributed by atoms with Gasteiger partial charge in [0.05, 0.1) is 14.2 Å². The van der Waals surface area contributed by atoms with E-state index in [4.69, 9.17) is 25.7 Å². The number of hydrogen-bond donors (Lipinski definition) is 2. The van der Waals surface area contributed by atoms with Crippen LogP contribution in [0.2, 0.25) is 0 Å². The Labute approximate surface area is 164 Å². The molecule has 0 bridgehead atoms. The number of hydrogen-bond acceptors (Lipinski definition) is 7. The van der Waals surface area contributed by atoms with E-state index in [0.717, 1.165) is 16.7 Å². The molecule has 3 rings (SSSR count). The highest BCUT2D eigenvalue weighted by Gasteiger charge is 2.16. The molecule has 7 heteroatoms. The summed E-state index contributed by atoms with van der Waals surface area (Å²) >= 11 is 0. The highest BCUT2D eigenvalue weighted by Crippen LogP contribution is 2.39. The van der Waals surface area contributed by atoms with Crippen LogP contribution in [0.5, 0.6) is 17.2 Å². The van der Waals surface area contributed by atoms with Crippen molar-refractivity contribution in [3.63, 3.8) is 0 Å². The summed E-state index contributed by atoms with van der Waals surface area (Å²) in [5.74, 6) is 2.21. The van der Waals surface area contributed by atoms with Crippen LogP contribution < -0.4 is 25.7 Å². The molecule has 0 aliphatic rings. The molecule has 0 aliphatic heterocycles. The van der Waals surface area contributed by atoms with E-state index < -0.39 is 0 Å². The van der Waals surface area contributed by atoms with Crippen molar-refractivity contribution in [1.29, 1.82) is 0 Å². The van der Waals surface area contributed by atoms with E-state index in [1.54, 1.807) is 20.4 Å². The monoisotopic (exact) mass is 380 g/mol. The third-order valence-corrected chi connectivity index (χ3v) is 4.34. The van der Waals surface area contributed by atoms with E-state index in [0.29, 0.717) is 36.1 Å². The lowest BCUT2D eigenvalue weighted by Crippen LogP contribution is -2.05. The topological polar surface area (TPSA) is 106 Å². The average Bonchev–Trinajstić information content (AvgIpc) is 2.69. The number of nitrogens with two attached hydrogens (primary N) is 2. The summed E-state index contributed by atoms with van der Waals surface area (Å²) in [6, 6.07) is 12.0. The maximum Gasteiger partial charge on any atom is 0.221 e. The minimum Gasteiger partial charge on any atom is -0.493 e. The second-order valence-electron chi connectivity index (χ2n) is 6.42. The highest BCUT2D eigenvalue weighted by atomic mass is 16.5. The average molecular weight is 380 g/mol. The normalized spacial score (nSPS) is 10.5. The smallest absolute Gasteiger partial charge is 0.221 e. The molecular weight excluding hydrogens is 356 g/mol. The number of methoxy groups -OCH3 is 2. The molecule has 28 heavy (non-hydrogen) atoms. The number of anilines is 2. The lowest BCUT2D eigenvalue weighted by atomic mass is 10.1. The number of aromatic nitrogens is 2. The van der Waals surface area contributed by atoms with Crippen LogP contribution in [0.15, 0.2) is 42.6 Å². The van der Waals surface area contributed by atoms with Crippen LogP contribution in [-0.2, 0) is 13.0 Å². The lowest BCUT2D eigenvalue weighted by Gasteiger charge is -2.16. The van der Waals surface area contributed by atoms with Gasteiger partial charge in [0, 0.05) is 18.2 Å². The SMILES string of the molecule is COc1cc(Cc2cnc(N)nc2N)cc(OC)c1OCc1ccc(C)cc1. The van der Waals surface area contributed by atoms with Gasteiger partial charge >= 0.3 is 0 Å². The van der Waals surface area contributed by atoms with E-state index in [2.05, 4.69) is 22.1 Å². The fourth-order valence-corrected chi connectivity index (χ4v) is 2.81. The van der Waals surface area contributed by atoms with Gasteiger partial charge in [-0.2, -0.15) is 4.98 Å². The second-order valence-corrected chi connectivity index (χ2v) is 6.42. The van der Waals surface area contributed by atoms with Crippen molar-refractivity contribution in [2.75, 3.05) is 25.7 Å². The van der Waals surface area contributed by atoms with Crippen molar-refractivity contribution < 1.29 is 14.2 Å². The van der Waals surface area contributed by atoms with Gasteiger partial charge in [-0.25, -0.2) is 4.98 Å². The maximum absolute atomic E-state index is 6.00. The zero-order valence-electron chi connectivity index (χ0n) is 16.2. The first-order valence-electron chi connectivity index (χ1n) is 8.80. The molecule has 1 aromatic heterocycles. The van der Waals surface area contributed by atoms with Gasteiger partial charge in [-0.3, -0.25) is 0 Å². The zero-order valence-corrected chi connectivity index (χ0v) is 16.2. The third kappa shape index (κ3) is 4.43. The van der Waals surface area contributed by atoms with Gasteiger partial charge in [0.1, 0.15) is 12.4 Å². The fraction of sp³-hybridized carbons (Fsp3) is 0.238. The standard InChI is InChI=1S/C21H24N4O3/c1-13-4-6-14(7-5-13)12-28-19-17(26-2)9-15(10-18(19)27-3)8-16-11-24-21(23)25-20(16)22/h4-7,9-11H,8,12H2,1-3H3,(H4,22,23,24,25). The summed E-state index contributed by atoms with van der Waals surface area (Å²) in [6.07, 6.45) is 2.13. The summed E-state index contributed by atoms with van der Waals surface area (Å²) in [5.41, 5.74) is 15.5. The van der Waals surface area contributed by atoms with Crippen LogP contribution in [0.4, 0.5) is 11.8 Å². The largest absolute Gasteiger partial charge is 0.493 e. The van der Waals surface area contributed by atoms with E-state index in [9.17, 15) is 0 Å². The molecule has 0 saturated carbocycles. The molecule has 0 radical (unpaired) electrons. The molecule has 2 aromatic carbocycles. The molecule has 0 saturated heterocycles. The van der Waals surface area contributed by atoms with Gasteiger partial charge in [0.25, 0.3) is 0 Å². The van der Waals surface area contributed by atoms with Gasteiger partial charge in [-0.1, -0.05) is 29.8 Å². The Kier molecular flexibility index (Phi) is 5.84. The Bertz CT molecular complexity index is 933. The van der Waals surface area contributed by atoms with E-state index in [1.807, 2.05) is 31.2 Å². The van der Waals surface area contributed by atoms with Gasteiger partial charge in [-0.05, 0) is 30.2 Å². The quantitative estimate of drug-likeness (QED) is 0.648. The number of nitrogen functional groups attached to an aromatic ring is 2. The number of nitrogens with zero attached hydrogens (tertiary/aromatic N) is 2. The predicted molar refractivity (Wildman–Crippen MR) is 109 cm³/mol. The molecule has 0 unspecified atom stereocenters. The van der Waals surface area contributed by atoms with E-state index >= 15 is 0 Å². The van der Waals surface area contributed by atoms with Gasteiger partial charge < -0.3 is 25.7 Å². The van der Waals surface area contributed by atoms with Crippen LogP contribution in [0.3, 0.4) is 0 Å². The van der Waals surface area contributed by atoms with Crippen molar-refractivity contribution >= 4 is 11.8 Å². The first-order chi connectivity index (χ1) is 13.5. The van der Waals surface area contributed by atoms with Crippen molar-refractivity contribution in [3.05, 3.63) is 64.8 Å². The molecule has 3 aromatic rings. The Morgan fingerprint density at radius 1 is 0.929 bits per heavy atom. The zero-order chi connectivity index (χ0) is 20.1. The third-order valence-electron chi connectivity index (χ3n) is 4.34. The maximum atomic E-state index is 6.00. The number of ether oxygens (including phenoxy) is 3. The molecule has 4 N–H and O–H groups in total. The van der Waals surface area contributed by atoms with Crippen molar-refractivity contribution in [2.45, 2.75) is 20.0 Å². The number of benzene rings is 2. The molecule has 7 nitrogen and oxygen atoms in total.